The van der Waals surface area contributed by atoms with Crippen molar-refractivity contribution in [2.24, 2.45) is 0 Å². The van der Waals surface area contributed by atoms with Gasteiger partial charge >= 0.3 is 61.7 Å². The van der Waals surface area contributed by atoms with Gasteiger partial charge in [0.2, 0.25) is 0 Å². The fourth-order valence-electron chi connectivity index (χ4n) is 0.573. The summed E-state index contributed by atoms with van der Waals surface area (Å²) < 4.78 is 1.12. The quantitative estimate of drug-likeness (QED) is 0.317. The summed E-state index contributed by atoms with van der Waals surface area (Å²) in [6.45, 7) is 0. The number of phenols is 1. The van der Waals surface area contributed by atoms with Gasteiger partial charge < -0.3 is 0 Å². The summed E-state index contributed by atoms with van der Waals surface area (Å²) in [7, 11) is 0. The summed E-state index contributed by atoms with van der Waals surface area (Å²) in [4.78, 5) is 0. The Morgan fingerprint density at radius 1 is 1.44 bits per heavy atom. The molecule has 0 amide bonds. The van der Waals surface area contributed by atoms with Crippen molar-refractivity contribution >= 4 is 26.9 Å². The zero-order valence-electron chi connectivity index (χ0n) is 4.83. The zero-order chi connectivity index (χ0) is 6.85. The number of aromatic hydroxyl groups is 1. The number of hydrogen-bond acceptors (Lipinski definition) is 2. The third-order valence-electron chi connectivity index (χ3n) is 1.05. The first-order valence-electron chi connectivity index (χ1n) is 2.54. The molecule has 1 aromatic carbocycles. The number of benzene rings is 1. The van der Waals surface area contributed by atoms with Crippen LogP contribution in [-0.4, -0.2) is 22.0 Å². The molecular formula is C6H8AsNO. The number of rotatable bonds is 0. The van der Waals surface area contributed by atoms with Gasteiger partial charge in [0, 0.05) is 0 Å². The maximum atomic E-state index is 8.93. The minimum absolute atomic E-state index is 0.163. The van der Waals surface area contributed by atoms with Crippen molar-refractivity contribution in [3.8, 4) is 5.75 Å². The van der Waals surface area contributed by atoms with Gasteiger partial charge in [-0.3, -0.25) is 0 Å². The Bertz CT molecular complexity index is 224. The van der Waals surface area contributed by atoms with Crippen LogP contribution in [0.15, 0.2) is 18.2 Å². The summed E-state index contributed by atoms with van der Waals surface area (Å²) in [5.74, 6) is 0.163. The van der Waals surface area contributed by atoms with Gasteiger partial charge in [-0.05, 0) is 0 Å². The average Bonchev–Trinajstić information content (AvgIpc) is 1.80. The van der Waals surface area contributed by atoms with E-state index in [2.05, 4.69) is 0 Å². The molecule has 1 unspecified atom stereocenters. The molecule has 2 nitrogen and oxygen atoms in total. The number of hydrogen-bond donors (Lipinski definition) is 2. The van der Waals surface area contributed by atoms with Crippen LogP contribution in [-0.2, 0) is 0 Å². The molecule has 0 aromatic heterocycles. The third kappa shape index (κ3) is 1.39. The SMILES string of the molecule is Nc1cc([AsH2])ccc1O. The van der Waals surface area contributed by atoms with Crippen LogP contribution in [0.5, 0.6) is 5.75 Å². The van der Waals surface area contributed by atoms with Crippen molar-refractivity contribution in [2.45, 2.75) is 0 Å². The Kier molecular flexibility index (Phi) is 1.67. The van der Waals surface area contributed by atoms with E-state index in [0.717, 1.165) is 4.35 Å². The van der Waals surface area contributed by atoms with Crippen molar-refractivity contribution in [3.05, 3.63) is 18.2 Å². The van der Waals surface area contributed by atoms with Gasteiger partial charge in [-0.2, -0.15) is 0 Å². The first-order valence-corrected chi connectivity index (χ1v) is 3.75. The van der Waals surface area contributed by atoms with Gasteiger partial charge in [0.05, 0.1) is 0 Å². The van der Waals surface area contributed by atoms with E-state index in [0.29, 0.717) is 5.69 Å². The molecule has 0 saturated carbocycles. The van der Waals surface area contributed by atoms with Crippen LogP contribution in [0.1, 0.15) is 0 Å². The van der Waals surface area contributed by atoms with E-state index in [9.17, 15) is 0 Å². The van der Waals surface area contributed by atoms with Crippen LogP contribution < -0.4 is 10.1 Å². The maximum absolute atomic E-state index is 8.93. The van der Waals surface area contributed by atoms with Gasteiger partial charge in [0.15, 0.2) is 0 Å². The van der Waals surface area contributed by atoms with Crippen LogP contribution in [0.25, 0.3) is 0 Å². The molecule has 1 aromatic rings. The molecule has 3 N–H and O–H groups in total. The monoisotopic (exact) mass is 185 g/mol. The molecule has 0 radical (unpaired) electrons. The van der Waals surface area contributed by atoms with Crippen molar-refractivity contribution in [1.82, 2.24) is 0 Å². The summed E-state index contributed by atoms with van der Waals surface area (Å²) in [5, 5.41) is 8.93. The normalized spacial score (nSPS) is 9.44. The van der Waals surface area contributed by atoms with Crippen molar-refractivity contribution in [2.75, 3.05) is 5.73 Å². The van der Waals surface area contributed by atoms with E-state index in [1.165, 1.54) is 16.9 Å². The zero-order valence-corrected chi connectivity index (χ0v) is 7.26. The molecule has 3 heteroatoms. The van der Waals surface area contributed by atoms with Gasteiger partial charge in [-0.1, -0.05) is 0 Å². The summed E-state index contributed by atoms with van der Waals surface area (Å²) in [6, 6.07) is 5.20. The van der Waals surface area contributed by atoms with Crippen LogP contribution in [0, 0.1) is 0 Å². The van der Waals surface area contributed by atoms with E-state index in [1.807, 2.05) is 6.07 Å². The molecule has 0 aliphatic heterocycles. The minimum atomic E-state index is 0.163. The van der Waals surface area contributed by atoms with Crippen LogP contribution in [0.2, 0.25) is 0 Å². The summed E-state index contributed by atoms with van der Waals surface area (Å²) in [6.07, 6.45) is 0. The van der Waals surface area contributed by atoms with Crippen LogP contribution in [0.3, 0.4) is 0 Å². The van der Waals surface area contributed by atoms with Crippen molar-refractivity contribution in [3.63, 3.8) is 0 Å². The Balaban J connectivity index is 3.17. The number of anilines is 1. The molecule has 0 bridgehead atoms. The molecule has 0 fully saturated rings. The second-order valence-electron chi connectivity index (χ2n) is 1.82. The molecule has 0 heterocycles. The van der Waals surface area contributed by atoms with Gasteiger partial charge in [0.25, 0.3) is 0 Å². The Morgan fingerprint density at radius 3 is 2.56 bits per heavy atom. The number of phenolic OH excluding ortho intramolecular Hbond substituents is 1. The van der Waals surface area contributed by atoms with E-state index in [-0.39, 0.29) is 5.75 Å². The van der Waals surface area contributed by atoms with Crippen molar-refractivity contribution in [1.29, 1.82) is 0 Å². The van der Waals surface area contributed by atoms with Crippen molar-refractivity contribution < 1.29 is 5.11 Å². The first-order chi connectivity index (χ1) is 4.20. The fraction of sp³-hybridized carbons (Fsp3) is 0. The number of nitrogen functional groups attached to an aromatic ring is 1. The summed E-state index contributed by atoms with van der Waals surface area (Å²) >= 11 is 1.50. The number of nitrogens with two attached hydrogens (primary N) is 1. The van der Waals surface area contributed by atoms with E-state index < -0.39 is 0 Å². The van der Waals surface area contributed by atoms with Gasteiger partial charge in [0.1, 0.15) is 0 Å². The van der Waals surface area contributed by atoms with Gasteiger partial charge in [-0.25, -0.2) is 0 Å². The fourth-order valence-corrected chi connectivity index (χ4v) is 1.15. The topological polar surface area (TPSA) is 46.2 Å². The molecule has 0 saturated heterocycles. The standard InChI is InChI=1S/C6H8AsNO/c7-4-1-2-6(9)5(8)3-4/h1-3,9H,7-8H2. The molecule has 0 aliphatic carbocycles. The van der Waals surface area contributed by atoms with Crippen LogP contribution >= 0.6 is 0 Å². The molecule has 0 aliphatic rings. The second kappa shape index (κ2) is 2.32. The predicted molar refractivity (Wildman–Crippen MR) is 40.7 cm³/mol. The Labute approximate surface area is 62.2 Å². The summed E-state index contributed by atoms with van der Waals surface area (Å²) in [5.41, 5.74) is 5.84. The van der Waals surface area contributed by atoms with E-state index in [1.54, 1.807) is 12.1 Å². The molecule has 9 heavy (non-hydrogen) atoms. The molecule has 48 valence electrons. The molecule has 1 atom stereocenters. The van der Waals surface area contributed by atoms with E-state index in [4.69, 9.17) is 10.8 Å². The van der Waals surface area contributed by atoms with Gasteiger partial charge in [-0.15, -0.1) is 0 Å². The molecule has 1 rings (SSSR count). The second-order valence-corrected chi connectivity index (χ2v) is 3.22. The predicted octanol–water partition coefficient (Wildman–Crippen LogP) is -0.767. The molecule has 0 spiro atoms. The first kappa shape index (κ1) is 6.50. The van der Waals surface area contributed by atoms with E-state index >= 15 is 0 Å². The Morgan fingerprint density at radius 2 is 2.11 bits per heavy atom. The third-order valence-corrected chi connectivity index (χ3v) is 1.81. The van der Waals surface area contributed by atoms with Crippen LogP contribution in [0.4, 0.5) is 5.69 Å². The molecular weight excluding hydrogens is 177 g/mol. The average molecular weight is 185 g/mol. The Hall–Kier alpha value is -0.622.